The molecule has 0 spiro atoms. The van der Waals surface area contributed by atoms with Gasteiger partial charge in [0.15, 0.2) is 6.29 Å². The van der Waals surface area contributed by atoms with E-state index in [-0.39, 0.29) is 6.29 Å². The summed E-state index contributed by atoms with van der Waals surface area (Å²) in [5.41, 5.74) is 2.20. The first kappa shape index (κ1) is 20.6. The van der Waals surface area contributed by atoms with Crippen LogP contribution in [0.1, 0.15) is 81.3 Å². The van der Waals surface area contributed by atoms with E-state index in [0.717, 1.165) is 49.4 Å². The summed E-state index contributed by atoms with van der Waals surface area (Å²) in [5, 5.41) is 8.98. The first-order chi connectivity index (χ1) is 14.3. The lowest BCUT2D eigenvalue weighted by Gasteiger charge is -2.37. The van der Waals surface area contributed by atoms with Gasteiger partial charge in [-0.3, -0.25) is 0 Å². The number of ether oxygens (including phenoxy) is 2. The molecule has 3 aliphatic rings. The lowest BCUT2D eigenvalue weighted by Crippen LogP contribution is -2.25. The zero-order valence-electron chi connectivity index (χ0n) is 17.6. The first-order valence-corrected chi connectivity index (χ1v) is 11.7. The zero-order valence-corrected chi connectivity index (χ0v) is 17.6. The third-order valence-corrected chi connectivity index (χ3v) is 7.40. The van der Waals surface area contributed by atoms with Crippen LogP contribution in [0.3, 0.4) is 0 Å². The van der Waals surface area contributed by atoms with Crippen molar-refractivity contribution in [3.05, 3.63) is 47.5 Å². The smallest absolute Gasteiger partial charge is 0.160 e. The van der Waals surface area contributed by atoms with Crippen molar-refractivity contribution in [3.63, 3.8) is 0 Å². The van der Waals surface area contributed by atoms with Crippen LogP contribution in [-0.4, -0.2) is 19.5 Å². The van der Waals surface area contributed by atoms with Gasteiger partial charge in [-0.15, -0.1) is 0 Å². The van der Waals surface area contributed by atoms with Crippen molar-refractivity contribution in [2.75, 3.05) is 13.2 Å². The topological polar surface area (TPSA) is 42.2 Å². The van der Waals surface area contributed by atoms with Gasteiger partial charge < -0.3 is 9.47 Å². The Bertz CT molecular complexity index is 682. The van der Waals surface area contributed by atoms with E-state index in [1.54, 1.807) is 0 Å². The molecule has 1 aromatic rings. The van der Waals surface area contributed by atoms with E-state index in [0.29, 0.717) is 5.92 Å². The number of benzene rings is 1. The van der Waals surface area contributed by atoms with Crippen LogP contribution in [0.5, 0.6) is 0 Å². The Morgan fingerprint density at radius 2 is 1.48 bits per heavy atom. The van der Waals surface area contributed by atoms with E-state index in [4.69, 9.17) is 14.7 Å². The molecule has 0 N–H and O–H groups in total. The van der Waals surface area contributed by atoms with E-state index >= 15 is 0 Å². The Labute approximate surface area is 176 Å². The Kier molecular flexibility index (Phi) is 7.41. The summed E-state index contributed by atoms with van der Waals surface area (Å²) in [6, 6.07) is 10.5. The minimum atomic E-state index is -0.0115. The van der Waals surface area contributed by atoms with Crippen LogP contribution in [-0.2, 0) is 9.47 Å². The van der Waals surface area contributed by atoms with Crippen LogP contribution < -0.4 is 0 Å². The number of nitriles is 1. The van der Waals surface area contributed by atoms with E-state index in [1.807, 2.05) is 12.1 Å². The first-order valence-electron chi connectivity index (χ1n) is 11.7. The SMILES string of the molecule is N#Cc1ccc(C2CCC([C@H]3CC[C@H](/C=C/CC4OCCCO4)CC3)CC2)cc1. The molecule has 0 aromatic heterocycles. The molecule has 2 aliphatic carbocycles. The molecule has 1 aromatic carbocycles. The summed E-state index contributed by atoms with van der Waals surface area (Å²) in [7, 11) is 0. The molecule has 0 bridgehead atoms. The summed E-state index contributed by atoms with van der Waals surface area (Å²) in [5.74, 6) is 3.32. The summed E-state index contributed by atoms with van der Waals surface area (Å²) in [6.07, 6.45) is 17.5. The third kappa shape index (κ3) is 5.71. The van der Waals surface area contributed by atoms with Crippen molar-refractivity contribution in [2.24, 2.45) is 17.8 Å². The van der Waals surface area contributed by atoms with Gasteiger partial charge in [0.2, 0.25) is 0 Å². The van der Waals surface area contributed by atoms with E-state index < -0.39 is 0 Å². The van der Waals surface area contributed by atoms with Gasteiger partial charge in [-0.1, -0.05) is 24.3 Å². The van der Waals surface area contributed by atoms with Crippen molar-refractivity contribution < 1.29 is 9.47 Å². The molecule has 2 saturated carbocycles. The van der Waals surface area contributed by atoms with Crippen molar-refractivity contribution in [1.82, 2.24) is 0 Å². The monoisotopic (exact) mass is 393 g/mol. The average molecular weight is 394 g/mol. The largest absolute Gasteiger partial charge is 0.352 e. The Morgan fingerprint density at radius 1 is 0.862 bits per heavy atom. The second-order valence-electron chi connectivity index (χ2n) is 9.21. The molecule has 0 radical (unpaired) electrons. The number of rotatable bonds is 5. The highest BCUT2D eigenvalue weighted by atomic mass is 16.7. The van der Waals surface area contributed by atoms with Crippen molar-refractivity contribution in [2.45, 2.75) is 76.4 Å². The fraction of sp³-hybridized carbons (Fsp3) is 0.654. The molecule has 156 valence electrons. The van der Waals surface area contributed by atoms with Gasteiger partial charge in [-0.25, -0.2) is 0 Å². The van der Waals surface area contributed by atoms with Gasteiger partial charge in [0.1, 0.15) is 0 Å². The summed E-state index contributed by atoms with van der Waals surface area (Å²) >= 11 is 0. The quantitative estimate of drug-likeness (QED) is 0.548. The standard InChI is InChI=1S/C26H35NO2/c27-19-21-7-11-23(12-8-21)25-15-13-24(14-16-25)22-9-5-20(6-10-22)3-1-4-26-28-17-2-18-29-26/h1,3,7-8,11-12,20,22,24-26H,2,4-6,9-10,13-18H2/b3-1+/t20-,22-,24?,25?. The van der Waals surface area contributed by atoms with Crippen LogP contribution >= 0.6 is 0 Å². The highest BCUT2D eigenvalue weighted by Crippen LogP contribution is 2.44. The molecule has 1 aliphatic heterocycles. The average Bonchev–Trinajstić information content (AvgIpc) is 2.80. The molecule has 3 fully saturated rings. The van der Waals surface area contributed by atoms with E-state index in [2.05, 4.69) is 30.4 Å². The zero-order chi connectivity index (χ0) is 19.9. The van der Waals surface area contributed by atoms with Gasteiger partial charge in [-0.2, -0.15) is 5.26 Å². The second kappa shape index (κ2) is 10.4. The molecule has 0 atom stereocenters. The number of nitrogens with zero attached hydrogens (tertiary/aromatic N) is 1. The predicted molar refractivity (Wildman–Crippen MR) is 115 cm³/mol. The van der Waals surface area contributed by atoms with Gasteiger partial charge in [0, 0.05) is 6.42 Å². The van der Waals surface area contributed by atoms with Gasteiger partial charge in [-0.05, 0) is 99.2 Å². The van der Waals surface area contributed by atoms with E-state index in [9.17, 15) is 0 Å². The molecule has 1 heterocycles. The Morgan fingerprint density at radius 3 is 2.10 bits per heavy atom. The van der Waals surface area contributed by atoms with Crippen LogP contribution in [0.15, 0.2) is 36.4 Å². The highest BCUT2D eigenvalue weighted by molar-refractivity contribution is 5.33. The summed E-state index contributed by atoms with van der Waals surface area (Å²) in [4.78, 5) is 0. The maximum absolute atomic E-state index is 8.98. The molecule has 0 unspecified atom stereocenters. The van der Waals surface area contributed by atoms with Crippen LogP contribution in [0.25, 0.3) is 0 Å². The van der Waals surface area contributed by atoms with Crippen molar-refractivity contribution in [1.29, 1.82) is 5.26 Å². The van der Waals surface area contributed by atoms with Gasteiger partial charge >= 0.3 is 0 Å². The van der Waals surface area contributed by atoms with Crippen LogP contribution in [0.2, 0.25) is 0 Å². The molecule has 1 saturated heterocycles. The number of hydrogen-bond acceptors (Lipinski definition) is 3. The number of allylic oxidation sites excluding steroid dienone is 1. The fourth-order valence-electron chi connectivity index (χ4n) is 5.62. The third-order valence-electron chi connectivity index (χ3n) is 7.40. The minimum Gasteiger partial charge on any atom is -0.352 e. The van der Waals surface area contributed by atoms with Crippen molar-refractivity contribution in [3.8, 4) is 6.07 Å². The lowest BCUT2D eigenvalue weighted by atomic mass is 9.68. The van der Waals surface area contributed by atoms with Gasteiger partial charge in [0.25, 0.3) is 0 Å². The second-order valence-corrected chi connectivity index (χ2v) is 9.21. The summed E-state index contributed by atoms with van der Waals surface area (Å²) in [6.45, 7) is 1.69. The fourth-order valence-corrected chi connectivity index (χ4v) is 5.62. The molecule has 29 heavy (non-hydrogen) atoms. The molecular formula is C26H35NO2. The van der Waals surface area contributed by atoms with E-state index in [1.165, 1.54) is 56.9 Å². The molecule has 3 heteroatoms. The molecule has 3 nitrogen and oxygen atoms in total. The normalized spacial score (nSPS) is 31.6. The number of hydrogen-bond donors (Lipinski definition) is 0. The maximum Gasteiger partial charge on any atom is 0.160 e. The lowest BCUT2D eigenvalue weighted by molar-refractivity contribution is -0.175. The highest BCUT2D eigenvalue weighted by Gasteiger charge is 2.30. The minimum absolute atomic E-state index is 0.0115. The van der Waals surface area contributed by atoms with Crippen LogP contribution in [0.4, 0.5) is 0 Å². The summed E-state index contributed by atoms with van der Waals surface area (Å²) < 4.78 is 11.3. The molecule has 4 rings (SSSR count). The van der Waals surface area contributed by atoms with Crippen molar-refractivity contribution >= 4 is 0 Å². The Hall–Kier alpha value is -1.63. The molecule has 0 amide bonds. The maximum atomic E-state index is 8.98. The predicted octanol–water partition coefficient (Wildman–Crippen LogP) is 6.35. The Balaban J connectivity index is 1.17. The molecular weight excluding hydrogens is 358 g/mol. The van der Waals surface area contributed by atoms with Crippen LogP contribution in [0, 0.1) is 29.1 Å². The van der Waals surface area contributed by atoms with Gasteiger partial charge in [0.05, 0.1) is 24.8 Å².